The molecule has 1 heterocycles. The number of alkyl halides is 2. The lowest BCUT2D eigenvalue weighted by Gasteiger charge is -2.06. The number of hydrogen-bond acceptors (Lipinski definition) is 4. The fourth-order valence-corrected chi connectivity index (χ4v) is 1.34. The van der Waals surface area contributed by atoms with Gasteiger partial charge in [0.1, 0.15) is 18.8 Å². The van der Waals surface area contributed by atoms with Crippen LogP contribution in [-0.2, 0) is 17.8 Å². The molecule has 0 amide bonds. The molecule has 98 valence electrons. The van der Waals surface area contributed by atoms with E-state index in [0.29, 0.717) is 13.1 Å². The van der Waals surface area contributed by atoms with Crippen LogP contribution < -0.4 is 5.32 Å². The maximum Gasteiger partial charge on any atom is 0.261 e. The molecule has 0 spiro atoms. The van der Waals surface area contributed by atoms with Crippen molar-refractivity contribution in [2.24, 2.45) is 0 Å². The van der Waals surface area contributed by atoms with Crippen LogP contribution in [0.3, 0.4) is 0 Å². The van der Waals surface area contributed by atoms with Gasteiger partial charge in [0.2, 0.25) is 0 Å². The number of rotatable bonds is 9. The third-order valence-corrected chi connectivity index (χ3v) is 2.08. The second-order valence-electron chi connectivity index (χ2n) is 3.54. The smallest absolute Gasteiger partial charge is 0.261 e. The van der Waals surface area contributed by atoms with Gasteiger partial charge < -0.3 is 10.1 Å². The first-order valence-corrected chi connectivity index (χ1v) is 5.67. The van der Waals surface area contributed by atoms with Gasteiger partial charge in [-0.3, -0.25) is 0 Å². The van der Waals surface area contributed by atoms with E-state index in [-0.39, 0.29) is 6.61 Å². The van der Waals surface area contributed by atoms with Gasteiger partial charge in [0.05, 0.1) is 13.2 Å². The van der Waals surface area contributed by atoms with Crippen LogP contribution in [0.2, 0.25) is 0 Å². The average Bonchev–Trinajstić information content (AvgIpc) is 2.71. The summed E-state index contributed by atoms with van der Waals surface area (Å²) in [4.78, 5) is 4.11. The van der Waals surface area contributed by atoms with Gasteiger partial charge in [-0.25, -0.2) is 18.4 Å². The Balaban J connectivity index is 2.11. The molecule has 1 aromatic heterocycles. The normalized spacial score (nSPS) is 11.3. The summed E-state index contributed by atoms with van der Waals surface area (Å²) < 4.78 is 30.0. The standard InChI is InChI=1S/C10H18F2N4O/c1-2-4-16-10(14-8-15-16)6-13-3-5-17-7-9(11)12/h8-9,13H,2-7H2,1H3. The maximum atomic E-state index is 11.7. The quantitative estimate of drug-likeness (QED) is 0.664. The SMILES string of the molecule is CCCn1ncnc1CNCCOCC(F)F. The number of hydrogen-bond donors (Lipinski definition) is 1. The predicted molar refractivity (Wildman–Crippen MR) is 58.8 cm³/mol. The molecule has 0 fully saturated rings. The number of nitrogens with zero attached hydrogens (tertiary/aromatic N) is 3. The van der Waals surface area contributed by atoms with Gasteiger partial charge >= 0.3 is 0 Å². The minimum atomic E-state index is -2.40. The van der Waals surface area contributed by atoms with Crippen molar-refractivity contribution in [3.05, 3.63) is 12.2 Å². The van der Waals surface area contributed by atoms with Crippen LogP contribution in [0.15, 0.2) is 6.33 Å². The van der Waals surface area contributed by atoms with Crippen molar-refractivity contribution in [1.29, 1.82) is 0 Å². The summed E-state index contributed by atoms with van der Waals surface area (Å²) >= 11 is 0. The predicted octanol–water partition coefficient (Wildman–Crippen LogP) is 1.06. The zero-order valence-electron chi connectivity index (χ0n) is 9.90. The number of ether oxygens (including phenoxy) is 1. The van der Waals surface area contributed by atoms with Crippen LogP contribution in [0.25, 0.3) is 0 Å². The third-order valence-electron chi connectivity index (χ3n) is 2.08. The van der Waals surface area contributed by atoms with Gasteiger partial charge in [-0.1, -0.05) is 6.92 Å². The molecule has 0 radical (unpaired) electrons. The van der Waals surface area contributed by atoms with E-state index >= 15 is 0 Å². The summed E-state index contributed by atoms with van der Waals surface area (Å²) in [5, 5.41) is 7.15. The molecule has 0 saturated heterocycles. The lowest BCUT2D eigenvalue weighted by molar-refractivity contribution is 0.0186. The molecule has 0 bridgehead atoms. The van der Waals surface area contributed by atoms with Crippen LogP contribution in [0, 0.1) is 0 Å². The third kappa shape index (κ3) is 5.69. The summed E-state index contributed by atoms with van der Waals surface area (Å²) in [5.41, 5.74) is 0. The lowest BCUT2D eigenvalue weighted by atomic mass is 10.4. The van der Waals surface area contributed by atoms with Crippen LogP contribution in [-0.4, -0.2) is 40.9 Å². The molecule has 0 aliphatic carbocycles. The van der Waals surface area contributed by atoms with Gasteiger partial charge in [-0.15, -0.1) is 0 Å². The number of nitrogens with one attached hydrogen (secondary N) is 1. The molecule has 1 N–H and O–H groups in total. The first kappa shape index (κ1) is 14.0. The van der Waals surface area contributed by atoms with E-state index < -0.39 is 13.0 Å². The van der Waals surface area contributed by atoms with Gasteiger partial charge in [0.25, 0.3) is 6.43 Å². The van der Waals surface area contributed by atoms with E-state index in [0.717, 1.165) is 18.8 Å². The molecular weight excluding hydrogens is 230 g/mol. The summed E-state index contributed by atoms with van der Waals surface area (Å²) in [6.45, 7) is 3.75. The van der Waals surface area contributed by atoms with Crippen LogP contribution >= 0.6 is 0 Å². The van der Waals surface area contributed by atoms with E-state index in [1.807, 2.05) is 4.68 Å². The van der Waals surface area contributed by atoms with Crippen molar-refractivity contribution in [2.45, 2.75) is 32.9 Å². The minimum absolute atomic E-state index is 0.270. The molecule has 0 aliphatic rings. The molecule has 1 rings (SSSR count). The van der Waals surface area contributed by atoms with Crippen molar-refractivity contribution in [1.82, 2.24) is 20.1 Å². The van der Waals surface area contributed by atoms with Gasteiger partial charge in [0, 0.05) is 13.1 Å². The molecule has 0 saturated carbocycles. The highest BCUT2D eigenvalue weighted by atomic mass is 19.3. The summed E-state index contributed by atoms with van der Waals surface area (Å²) in [5.74, 6) is 0.848. The monoisotopic (exact) mass is 248 g/mol. The molecule has 1 aromatic rings. The largest absolute Gasteiger partial charge is 0.374 e. The van der Waals surface area contributed by atoms with Crippen molar-refractivity contribution < 1.29 is 13.5 Å². The highest BCUT2D eigenvalue weighted by Gasteiger charge is 2.03. The Bertz CT molecular complexity index is 306. The van der Waals surface area contributed by atoms with E-state index in [1.165, 1.54) is 6.33 Å². The van der Waals surface area contributed by atoms with Gasteiger partial charge in [0.15, 0.2) is 0 Å². The Morgan fingerprint density at radius 2 is 2.35 bits per heavy atom. The highest BCUT2D eigenvalue weighted by molar-refractivity contribution is 4.83. The van der Waals surface area contributed by atoms with Crippen molar-refractivity contribution in [2.75, 3.05) is 19.8 Å². The average molecular weight is 248 g/mol. The van der Waals surface area contributed by atoms with Crippen molar-refractivity contribution >= 4 is 0 Å². The summed E-state index contributed by atoms with van der Waals surface area (Å²) in [6, 6.07) is 0. The first-order chi connectivity index (χ1) is 8.24. The number of aromatic nitrogens is 3. The molecule has 5 nitrogen and oxygen atoms in total. The van der Waals surface area contributed by atoms with Gasteiger partial charge in [-0.05, 0) is 6.42 Å². The fraction of sp³-hybridized carbons (Fsp3) is 0.800. The zero-order valence-corrected chi connectivity index (χ0v) is 9.90. The Labute approximate surface area is 99.2 Å². The Hall–Kier alpha value is -1.08. The Morgan fingerprint density at radius 3 is 3.06 bits per heavy atom. The van der Waals surface area contributed by atoms with Crippen molar-refractivity contribution in [3.8, 4) is 0 Å². The second kappa shape index (κ2) is 8.08. The Morgan fingerprint density at radius 1 is 1.53 bits per heavy atom. The maximum absolute atomic E-state index is 11.7. The van der Waals surface area contributed by atoms with E-state index in [4.69, 9.17) is 4.74 Å². The minimum Gasteiger partial charge on any atom is -0.374 e. The van der Waals surface area contributed by atoms with Crippen LogP contribution in [0.1, 0.15) is 19.2 Å². The van der Waals surface area contributed by atoms with E-state index in [2.05, 4.69) is 22.3 Å². The Kier molecular flexibility index (Phi) is 6.64. The molecule has 0 unspecified atom stereocenters. The molecule has 0 aliphatic heterocycles. The molecular formula is C10H18F2N4O. The lowest BCUT2D eigenvalue weighted by Crippen LogP contribution is -2.22. The summed E-state index contributed by atoms with van der Waals surface area (Å²) in [6.07, 6.45) is 0.107. The van der Waals surface area contributed by atoms with E-state index in [9.17, 15) is 8.78 Å². The van der Waals surface area contributed by atoms with Crippen LogP contribution in [0.4, 0.5) is 8.78 Å². The van der Waals surface area contributed by atoms with Crippen molar-refractivity contribution in [3.63, 3.8) is 0 Å². The first-order valence-electron chi connectivity index (χ1n) is 5.67. The van der Waals surface area contributed by atoms with Gasteiger partial charge in [-0.2, -0.15) is 5.10 Å². The number of aryl methyl sites for hydroxylation is 1. The zero-order chi connectivity index (χ0) is 12.5. The van der Waals surface area contributed by atoms with E-state index in [1.54, 1.807) is 0 Å². The fourth-order valence-electron chi connectivity index (χ4n) is 1.34. The second-order valence-corrected chi connectivity index (χ2v) is 3.54. The molecule has 0 aromatic carbocycles. The summed E-state index contributed by atoms with van der Waals surface area (Å²) in [7, 11) is 0. The molecule has 7 heteroatoms. The highest BCUT2D eigenvalue weighted by Crippen LogP contribution is 1.95. The van der Waals surface area contributed by atoms with Crippen LogP contribution in [0.5, 0.6) is 0 Å². The molecule has 17 heavy (non-hydrogen) atoms. The molecule has 0 atom stereocenters. The topological polar surface area (TPSA) is 52.0 Å². The number of halogens is 2.